The van der Waals surface area contributed by atoms with Gasteiger partial charge < -0.3 is 5.32 Å². The smallest absolute Gasteiger partial charge is 0.123 e. The van der Waals surface area contributed by atoms with Crippen LogP contribution in [0.3, 0.4) is 0 Å². The highest BCUT2D eigenvalue weighted by Crippen LogP contribution is 2.30. The van der Waals surface area contributed by atoms with Crippen LogP contribution in [0.25, 0.3) is 10.4 Å². The number of halogens is 1. The number of rotatable bonds is 4. The molecule has 1 N–H and O–H groups in total. The quantitative estimate of drug-likeness (QED) is 0.902. The fourth-order valence-electron chi connectivity index (χ4n) is 1.74. The minimum atomic E-state index is -0.201. The average molecular weight is 250 g/mol. The Kier molecular flexibility index (Phi) is 3.86. The Bertz CT molecular complexity index is 508. The molecule has 0 atom stereocenters. The Morgan fingerprint density at radius 3 is 2.94 bits per heavy atom. The molecule has 0 saturated carbocycles. The van der Waals surface area contributed by atoms with Crippen molar-refractivity contribution < 1.29 is 4.39 Å². The van der Waals surface area contributed by atoms with Gasteiger partial charge >= 0.3 is 0 Å². The van der Waals surface area contributed by atoms with Crippen LogP contribution < -0.4 is 5.32 Å². The number of nitrogens with zero attached hydrogens (tertiary/aromatic N) is 1. The molecule has 4 heteroatoms. The van der Waals surface area contributed by atoms with Crippen molar-refractivity contribution in [3.05, 3.63) is 40.8 Å². The summed E-state index contributed by atoms with van der Waals surface area (Å²) in [6.07, 6.45) is 0.868. The van der Waals surface area contributed by atoms with Crippen LogP contribution in [-0.2, 0) is 6.42 Å². The molecule has 1 aromatic heterocycles. The van der Waals surface area contributed by atoms with Crippen LogP contribution in [-0.4, -0.2) is 18.6 Å². The second-order valence-electron chi connectivity index (χ2n) is 3.87. The third-order valence-corrected chi connectivity index (χ3v) is 3.57. The van der Waals surface area contributed by atoms with E-state index in [1.807, 2.05) is 20.0 Å². The molecule has 0 saturated heterocycles. The molecule has 0 aliphatic carbocycles. The number of nitrogens with one attached hydrogen (secondary N) is 1. The van der Waals surface area contributed by atoms with E-state index in [1.54, 1.807) is 23.5 Å². The van der Waals surface area contributed by atoms with E-state index in [2.05, 4.69) is 10.3 Å². The number of hydrogen-bond donors (Lipinski definition) is 1. The second kappa shape index (κ2) is 5.38. The summed E-state index contributed by atoms with van der Waals surface area (Å²) in [4.78, 5) is 5.59. The van der Waals surface area contributed by atoms with Crippen LogP contribution in [0.15, 0.2) is 24.3 Å². The number of aryl methyl sites for hydroxylation is 1. The van der Waals surface area contributed by atoms with Gasteiger partial charge in [0.25, 0.3) is 0 Å². The lowest BCUT2D eigenvalue weighted by Gasteiger charge is -2.02. The van der Waals surface area contributed by atoms with Crippen molar-refractivity contribution in [1.29, 1.82) is 0 Å². The molecule has 2 nitrogen and oxygen atoms in total. The Balaban J connectivity index is 2.37. The van der Waals surface area contributed by atoms with Gasteiger partial charge in [0.15, 0.2) is 0 Å². The van der Waals surface area contributed by atoms with Crippen molar-refractivity contribution in [3.63, 3.8) is 0 Å². The minimum Gasteiger partial charge on any atom is -0.319 e. The molecule has 0 fully saturated rings. The SMILES string of the molecule is CNCCc1nc(C)sc1-c1cccc(F)c1. The number of aromatic nitrogens is 1. The first-order chi connectivity index (χ1) is 8.20. The molecule has 1 heterocycles. The third kappa shape index (κ3) is 2.90. The molecule has 0 aliphatic heterocycles. The van der Waals surface area contributed by atoms with Gasteiger partial charge in [-0.1, -0.05) is 12.1 Å². The molecule has 0 spiro atoms. The minimum absolute atomic E-state index is 0.201. The van der Waals surface area contributed by atoms with Gasteiger partial charge in [-0.25, -0.2) is 9.37 Å². The molecule has 0 aliphatic rings. The monoisotopic (exact) mass is 250 g/mol. The topological polar surface area (TPSA) is 24.9 Å². The van der Waals surface area contributed by atoms with E-state index in [-0.39, 0.29) is 5.82 Å². The summed E-state index contributed by atoms with van der Waals surface area (Å²) in [6, 6.07) is 6.70. The van der Waals surface area contributed by atoms with Gasteiger partial charge in [0, 0.05) is 13.0 Å². The summed E-state index contributed by atoms with van der Waals surface area (Å²) >= 11 is 1.62. The lowest BCUT2D eigenvalue weighted by atomic mass is 10.1. The molecule has 17 heavy (non-hydrogen) atoms. The standard InChI is InChI=1S/C13H15FN2S/c1-9-16-12(6-7-15-2)13(17-9)10-4-3-5-11(14)8-10/h3-5,8,15H,6-7H2,1-2H3. The van der Waals surface area contributed by atoms with Gasteiger partial charge in [-0.3, -0.25) is 0 Å². The van der Waals surface area contributed by atoms with Crippen molar-refractivity contribution in [2.45, 2.75) is 13.3 Å². The Morgan fingerprint density at radius 2 is 2.24 bits per heavy atom. The van der Waals surface area contributed by atoms with E-state index < -0.39 is 0 Å². The van der Waals surface area contributed by atoms with Crippen molar-refractivity contribution in [1.82, 2.24) is 10.3 Å². The highest BCUT2D eigenvalue weighted by Gasteiger charge is 2.11. The van der Waals surface area contributed by atoms with E-state index in [0.29, 0.717) is 0 Å². The Morgan fingerprint density at radius 1 is 1.41 bits per heavy atom. The second-order valence-corrected chi connectivity index (χ2v) is 5.08. The molecular weight excluding hydrogens is 235 g/mol. The normalized spacial score (nSPS) is 10.8. The molecular formula is C13H15FN2S. The molecule has 0 amide bonds. The van der Waals surface area contributed by atoms with Crippen LogP contribution in [0.5, 0.6) is 0 Å². The summed E-state index contributed by atoms with van der Waals surface area (Å²) in [5.41, 5.74) is 1.97. The Hall–Kier alpha value is -1.26. The van der Waals surface area contributed by atoms with Crippen LogP contribution in [0.2, 0.25) is 0 Å². The molecule has 1 aromatic carbocycles. The van der Waals surface area contributed by atoms with Gasteiger partial charge in [-0.2, -0.15) is 0 Å². The Labute approximate surface area is 105 Å². The predicted octanol–water partition coefficient (Wildman–Crippen LogP) is 3.02. The zero-order valence-corrected chi connectivity index (χ0v) is 10.8. The van der Waals surface area contributed by atoms with Gasteiger partial charge in [-0.15, -0.1) is 11.3 Å². The summed E-state index contributed by atoms with van der Waals surface area (Å²) in [6.45, 7) is 2.86. The molecule has 2 aromatic rings. The van der Waals surface area contributed by atoms with Crippen LogP contribution in [0.4, 0.5) is 4.39 Å². The van der Waals surface area contributed by atoms with E-state index >= 15 is 0 Å². The maximum absolute atomic E-state index is 13.2. The first-order valence-electron chi connectivity index (χ1n) is 5.57. The highest BCUT2D eigenvalue weighted by atomic mass is 32.1. The number of thiazole rings is 1. The first-order valence-corrected chi connectivity index (χ1v) is 6.39. The van der Waals surface area contributed by atoms with Crippen molar-refractivity contribution in [3.8, 4) is 10.4 Å². The van der Waals surface area contributed by atoms with Crippen LogP contribution in [0, 0.1) is 12.7 Å². The molecule has 0 unspecified atom stereocenters. The van der Waals surface area contributed by atoms with Crippen molar-refractivity contribution >= 4 is 11.3 Å². The maximum atomic E-state index is 13.2. The van der Waals surface area contributed by atoms with Crippen LogP contribution in [0.1, 0.15) is 10.7 Å². The predicted molar refractivity (Wildman–Crippen MR) is 69.9 cm³/mol. The highest BCUT2D eigenvalue weighted by molar-refractivity contribution is 7.15. The van der Waals surface area contributed by atoms with E-state index in [0.717, 1.165) is 34.1 Å². The molecule has 0 radical (unpaired) electrons. The third-order valence-electron chi connectivity index (χ3n) is 2.50. The zero-order valence-electron chi connectivity index (χ0n) is 9.96. The number of hydrogen-bond acceptors (Lipinski definition) is 3. The fraction of sp³-hybridized carbons (Fsp3) is 0.308. The summed E-state index contributed by atoms with van der Waals surface area (Å²) in [5.74, 6) is -0.201. The first kappa shape index (κ1) is 12.2. The lowest BCUT2D eigenvalue weighted by Crippen LogP contribution is -2.10. The van der Waals surface area contributed by atoms with E-state index in [9.17, 15) is 4.39 Å². The number of benzene rings is 1. The lowest BCUT2D eigenvalue weighted by molar-refractivity contribution is 0.628. The van der Waals surface area contributed by atoms with Crippen molar-refractivity contribution in [2.75, 3.05) is 13.6 Å². The maximum Gasteiger partial charge on any atom is 0.123 e. The van der Waals surface area contributed by atoms with Gasteiger partial charge in [0.2, 0.25) is 0 Å². The van der Waals surface area contributed by atoms with Gasteiger partial charge in [0.1, 0.15) is 5.82 Å². The zero-order chi connectivity index (χ0) is 12.3. The molecule has 90 valence electrons. The number of likely N-dealkylation sites (N-methyl/N-ethyl adjacent to an activating group) is 1. The fourth-order valence-corrected chi connectivity index (χ4v) is 2.70. The van der Waals surface area contributed by atoms with Crippen molar-refractivity contribution in [2.24, 2.45) is 0 Å². The molecule has 0 bridgehead atoms. The van der Waals surface area contributed by atoms with E-state index in [1.165, 1.54) is 6.07 Å². The van der Waals surface area contributed by atoms with Crippen LogP contribution >= 0.6 is 11.3 Å². The van der Waals surface area contributed by atoms with Gasteiger partial charge in [-0.05, 0) is 31.7 Å². The largest absolute Gasteiger partial charge is 0.319 e. The summed E-state index contributed by atoms with van der Waals surface area (Å²) in [7, 11) is 1.92. The summed E-state index contributed by atoms with van der Waals surface area (Å²) < 4.78 is 13.2. The van der Waals surface area contributed by atoms with Gasteiger partial charge in [0.05, 0.1) is 15.6 Å². The molecule has 2 rings (SSSR count). The summed E-state index contributed by atoms with van der Waals surface area (Å²) in [5, 5.41) is 4.13. The average Bonchev–Trinajstić information content (AvgIpc) is 2.68. The van der Waals surface area contributed by atoms with E-state index in [4.69, 9.17) is 0 Å².